The number of rotatable bonds is 5. The summed E-state index contributed by atoms with van der Waals surface area (Å²) in [6.07, 6.45) is 6.69. The van der Waals surface area contributed by atoms with Crippen molar-refractivity contribution >= 4 is 13.5 Å². The first-order valence-electron chi connectivity index (χ1n) is 5.32. The summed E-state index contributed by atoms with van der Waals surface area (Å²) in [5.74, 6) is 0. The maximum atomic E-state index is 12.0. The maximum absolute atomic E-state index is 12.0. The van der Waals surface area contributed by atoms with Crippen molar-refractivity contribution in [1.29, 1.82) is 0 Å². The van der Waals surface area contributed by atoms with Gasteiger partial charge in [-0.25, -0.2) is 4.57 Å². The van der Waals surface area contributed by atoms with E-state index in [0.29, 0.717) is 13.2 Å². The molecule has 0 spiro atoms. The predicted molar refractivity (Wildman–Crippen MR) is 61.3 cm³/mol. The minimum Gasteiger partial charge on any atom is -0.291 e. The number of allylic oxidation sites excluding steroid dienone is 2. The lowest BCUT2D eigenvalue weighted by molar-refractivity contribution is 0.221. The van der Waals surface area contributed by atoms with Gasteiger partial charge in [0.25, 0.3) is 0 Å². The zero-order chi connectivity index (χ0) is 11.1. The van der Waals surface area contributed by atoms with Gasteiger partial charge in [-0.05, 0) is 26.7 Å². The number of hydrogen-bond acceptors (Lipinski definition) is 3. The molecule has 0 atom stereocenters. The molecular formula is C10H18NO3P. The van der Waals surface area contributed by atoms with Gasteiger partial charge in [-0.2, -0.15) is 4.76 Å². The first-order valence-corrected chi connectivity index (χ1v) is 6.82. The van der Waals surface area contributed by atoms with Gasteiger partial charge in [0, 0.05) is 12.1 Å². The van der Waals surface area contributed by atoms with Gasteiger partial charge >= 0.3 is 7.75 Å². The third kappa shape index (κ3) is 4.29. The van der Waals surface area contributed by atoms with Crippen molar-refractivity contribution < 1.29 is 13.6 Å². The third-order valence-corrected chi connectivity index (χ3v) is 3.66. The summed E-state index contributed by atoms with van der Waals surface area (Å²) in [6.45, 7) is 4.27. The summed E-state index contributed by atoms with van der Waals surface area (Å²) in [4.78, 5) is 0. The Balaban J connectivity index is 2.71. The minimum atomic E-state index is -3.23. The smallest absolute Gasteiger partial charge is 0.291 e. The molecule has 0 radical (unpaired) electrons. The molecule has 0 saturated carbocycles. The Hall–Kier alpha value is -0.440. The van der Waals surface area contributed by atoms with Gasteiger partial charge in [0.1, 0.15) is 0 Å². The molecule has 0 bridgehead atoms. The summed E-state index contributed by atoms with van der Waals surface area (Å²) in [5, 5.41) is 0. The summed E-state index contributed by atoms with van der Waals surface area (Å²) >= 11 is 0. The van der Waals surface area contributed by atoms with E-state index in [1.54, 1.807) is 13.8 Å². The van der Waals surface area contributed by atoms with Crippen molar-refractivity contribution in [1.82, 2.24) is 0 Å². The van der Waals surface area contributed by atoms with Crippen LogP contribution in [0, 0.1) is 0 Å². The van der Waals surface area contributed by atoms with Crippen LogP contribution in [0.2, 0.25) is 0 Å². The van der Waals surface area contributed by atoms with Crippen LogP contribution in [0.5, 0.6) is 0 Å². The first-order chi connectivity index (χ1) is 7.20. The second-order valence-corrected chi connectivity index (χ2v) is 4.84. The average molecular weight is 231 g/mol. The van der Waals surface area contributed by atoms with Crippen molar-refractivity contribution in [3.63, 3.8) is 0 Å². The third-order valence-electron chi connectivity index (χ3n) is 1.97. The number of nitrogens with zero attached hydrogens (tertiary/aromatic N) is 1. The lowest BCUT2D eigenvalue weighted by Gasteiger charge is -2.14. The largest absolute Gasteiger partial charge is 0.453 e. The zero-order valence-corrected chi connectivity index (χ0v) is 10.2. The second kappa shape index (κ2) is 6.21. The van der Waals surface area contributed by atoms with E-state index in [0.717, 1.165) is 25.0 Å². The van der Waals surface area contributed by atoms with Crippen LogP contribution in [0.1, 0.15) is 33.1 Å². The summed E-state index contributed by atoms with van der Waals surface area (Å²) in [7, 11) is -3.23. The molecule has 5 heteroatoms. The van der Waals surface area contributed by atoms with E-state index in [-0.39, 0.29) is 0 Å². The summed E-state index contributed by atoms with van der Waals surface area (Å²) < 4.78 is 26.3. The van der Waals surface area contributed by atoms with Crippen LogP contribution in [-0.2, 0) is 13.6 Å². The van der Waals surface area contributed by atoms with Crippen LogP contribution >= 0.6 is 7.75 Å². The molecule has 0 heterocycles. The van der Waals surface area contributed by atoms with Crippen LogP contribution in [-0.4, -0.2) is 18.9 Å². The molecule has 0 aliphatic heterocycles. The molecule has 0 aromatic carbocycles. The van der Waals surface area contributed by atoms with Crippen molar-refractivity contribution in [2.45, 2.75) is 33.1 Å². The molecule has 1 aliphatic carbocycles. The Kier molecular flexibility index (Phi) is 5.23. The normalized spacial score (nSPS) is 19.7. The monoisotopic (exact) mass is 231 g/mol. The van der Waals surface area contributed by atoms with E-state index in [1.807, 2.05) is 6.08 Å². The highest BCUT2D eigenvalue weighted by atomic mass is 31.2. The molecule has 86 valence electrons. The fourth-order valence-corrected chi connectivity index (χ4v) is 2.75. The average Bonchev–Trinajstić information content (AvgIpc) is 2.19. The Morgan fingerprint density at radius 3 is 2.47 bits per heavy atom. The van der Waals surface area contributed by atoms with Crippen LogP contribution in [0.4, 0.5) is 0 Å². The topological polar surface area (TPSA) is 47.9 Å². The van der Waals surface area contributed by atoms with Gasteiger partial charge in [0.15, 0.2) is 0 Å². The number of hydrogen-bond donors (Lipinski definition) is 0. The second-order valence-electron chi connectivity index (χ2n) is 3.18. The summed E-state index contributed by atoms with van der Waals surface area (Å²) in [5.41, 5.74) is 0.905. The van der Waals surface area contributed by atoms with Crippen LogP contribution in [0.3, 0.4) is 0 Å². The fraction of sp³-hybridized carbons (Fsp3) is 0.700. The molecular weight excluding hydrogens is 213 g/mol. The minimum absolute atomic E-state index is 0.351. The highest BCUT2D eigenvalue weighted by molar-refractivity contribution is 7.52. The van der Waals surface area contributed by atoms with Crippen LogP contribution in [0.25, 0.3) is 0 Å². The predicted octanol–water partition coefficient (Wildman–Crippen LogP) is 3.35. The molecule has 0 fully saturated rings. The van der Waals surface area contributed by atoms with E-state index in [2.05, 4.69) is 10.8 Å². The standard InChI is InChI=1S/C10H18NO3P/c1-3-13-15(12,14-4-2)11-10-8-6-5-7-9-10/h5-6H,3-4,7-9H2,1-2H3. The van der Waals surface area contributed by atoms with Crippen LogP contribution in [0.15, 0.2) is 16.9 Å². The molecule has 1 aliphatic rings. The molecule has 1 rings (SSSR count). The van der Waals surface area contributed by atoms with Gasteiger partial charge in [0.05, 0.1) is 13.2 Å². The van der Waals surface area contributed by atoms with Crippen molar-refractivity contribution in [3.05, 3.63) is 12.2 Å². The van der Waals surface area contributed by atoms with E-state index in [9.17, 15) is 4.57 Å². The van der Waals surface area contributed by atoms with E-state index >= 15 is 0 Å². The lowest BCUT2D eigenvalue weighted by atomic mass is 10.1. The van der Waals surface area contributed by atoms with Gasteiger partial charge in [-0.1, -0.05) is 12.2 Å². The Labute approximate surface area is 91.0 Å². The maximum Gasteiger partial charge on any atom is 0.453 e. The van der Waals surface area contributed by atoms with Crippen molar-refractivity contribution in [2.24, 2.45) is 4.76 Å². The fourth-order valence-electron chi connectivity index (χ4n) is 1.37. The van der Waals surface area contributed by atoms with Crippen molar-refractivity contribution in [3.8, 4) is 0 Å². The van der Waals surface area contributed by atoms with Gasteiger partial charge < -0.3 is 0 Å². The van der Waals surface area contributed by atoms with Gasteiger partial charge in [0.2, 0.25) is 0 Å². The van der Waals surface area contributed by atoms with E-state index in [4.69, 9.17) is 9.05 Å². The molecule has 0 saturated heterocycles. The SMILES string of the molecule is CCOP(=O)(N=C1CC=CCC1)OCC. The van der Waals surface area contributed by atoms with Gasteiger partial charge in [-0.15, -0.1) is 0 Å². The molecule has 0 unspecified atom stereocenters. The molecule has 0 aromatic rings. The quantitative estimate of drug-likeness (QED) is 0.538. The molecule has 0 N–H and O–H groups in total. The molecule has 0 aromatic heterocycles. The summed E-state index contributed by atoms with van der Waals surface area (Å²) in [6, 6.07) is 0. The van der Waals surface area contributed by atoms with Gasteiger partial charge in [-0.3, -0.25) is 9.05 Å². The highest BCUT2D eigenvalue weighted by Crippen LogP contribution is 2.50. The lowest BCUT2D eigenvalue weighted by Crippen LogP contribution is -2.02. The van der Waals surface area contributed by atoms with E-state index < -0.39 is 7.75 Å². The van der Waals surface area contributed by atoms with E-state index in [1.165, 1.54) is 0 Å². The van der Waals surface area contributed by atoms with Crippen molar-refractivity contribution in [2.75, 3.05) is 13.2 Å². The van der Waals surface area contributed by atoms with Crippen LogP contribution < -0.4 is 0 Å². The highest BCUT2D eigenvalue weighted by Gasteiger charge is 2.23. The zero-order valence-electron chi connectivity index (χ0n) is 9.31. The Morgan fingerprint density at radius 2 is 2.00 bits per heavy atom. The first kappa shape index (κ1) is 12.6. The molecule has 0 amide bonds. The Morgan fingerprint density at radius 1 is 1.33 bits per heavy atom. The Bertz CT molecular complexity index is 289. The molecule has 15 heavy (non-hydrogen) atoms. The molecule has 4 nitrogen and oxygen atoms in total.